The van der Waals surface area contributed by atoms with Crippen molar-refractivity contribution >= 4 is 55.9 Å². The molecule has 12 rings (SSSR count). The van der Waals surface area contributed by atoms with Crippen molar-refractivity contribution < 1.29 is 0 Å². The lowest BCUT2D eigenvalue weighted by Crippen LogP contribution is -2.26. The number of hydrogen-bond donors (Lipinski definition) is 0. The molecule has 0 saturated heterocycles. The fraction of sp³-hybridized carbons (Fsp3) is 0.0357. The Balaban J connectivity index is 1.06. The molecule has 3 heteroatoms. The van der Waals surface area contributed by atoms with E-state index in [9.17, 15) is 0 Å². The Morgan fingerprint density at radius 2 is 0.695 bits per heavy atom. The Labute approximate surface area is 344 Å². The average molecular weight is 754 g/mol. The lowest BCUT2D eigenvalue weighted by molar-refractivity contribution is 0.793. The minimum Gasteiger partial charge on any atom is -0.344 e. The molecule has 59 heavy (non-hydrogen) atoms. The molecule has 0 amide bonds. The van der Waals surface area contributed by atoms with Gasteiger partial charge in [0.1, 0.15) is 0 Å². The summed E-state index contributed by atoms with van der Waals surface area (Å²) in [5, 5.41) is 2.52. The quantitative estimate of drug-likeness (QED) is 0.168. The van der Waals surface area contributed by atoms with E-state index >= 15 is 0 Å². The lowest BCUT2D eigenvalue weighted by Gasteiger charge is -2.32. The first-order valence-corrected chi connectivity index (χ1v) is 20.4. The van der Waals surface area contributed by atoms with Crippen LogP contribution < -0.4 is 9.80 Å². The van der Waals surface area contributed by atoms with Crippen LogP contribution in [0.3, 0.4) is 0 Å². The molecule has 2 aliphatic rings. The fourth-order valence-corrected chi connectivity index (χ4v) is 10.3. The first-order valence-electron chi connectivity index (χ1n) is 20.4. The highest BCUT2D eigenvalue weighted by Gasteiger charge is 2.51. The third-order valence-electron chi connectivity index (χ3n) is 12.8. The van der Waals surface area contributed by atoms with Gasteiger partial charge in [-0.25, -0.2) is 0 Å². The highest BCUT2D eigenvalue weighted by molar-refractivity contribution is 6.09. The largest absolute Gasteiger partial charge is 0.344 e. The molecular formula is C56H39N3. The number of para-hydroxylation sites is 4. The second kappa shape index (κ2) is 13.0. The molecular weight excluding hydrogens is 715 g/mol. The minimum atomic E-state index is -0.460. The molecule has 3 nitrogen and oxygen atoms in total. The SMILES string of the molecule is Cn1c2ccccc2c2cc(N(c3ccccc3)c3ccc4c(c3)-c3ccccc3C43c4ccccc4-c4cc(N(c5ccccc5)c5ccccc5)ccc43)ccc21. The topological polar surface area (TPSA) is 11.4 Å². The number of fused-ring (bicyclic) bond motifs is 13. The van der Waals surface area contributed by atoms with Gasteiger partial charge in [-0.1, -0.05) is 133 Å². The number of anilines is 6. The normalized spacial score (nSPS) is 14.6. The summed E-state index contributed by atoms with van der Waals surface area (Å²) in [6, 6.07) is 80.3. The minimum absolute atomic E-state index is 0.460. The molecule has 0 N–H and O–H groups in total. The highest BCUT2D eigenvalue weighted by Crippen LogP contribution is 2.64. The van der Waals surface area contributed by atoms with E-state index in [4.69, 9.17) is 0 Å². The standard InChI is InChI=1S/C56H39N3/c1-57-54-28-16-13-25-46(54)49-37-43(31-34-55(49)57)59(40-21-9-4-10-22-40)42-30-33-53-48(36-42)45-24-12-15-27-51(45)56(53)50-26-14-11-23-44(50)47-35-41(29-32-52(47)56)58(38-17-5-2-6-18-38)39-19-7-3-8-20-39/h2-37H,1H3. The summed E-state index contributed by atoms with van der Waals surface area (Å²) in [5.41, 5.74) is 19.2. The van der Waals surface area contributed by atoms with E-state index < -0.39 is 5.41 Å². The van der Waals surface area contributed by atoms with Crippen molar-refractivity contribution in [2.24, 2.45) is 7.05 Å². The monoisotopic (exact) mass is 753 g/mol. The summed E-state index contributed by atoms with van der Waals surface area (Å²) < 4.78 is 2.30. The molecule has 0 radical (unpaired) electrons. The molecule has 0 fully saturated rings. The third kappa shape index (κ3) is 4.82. The van der Waals surface area contributed by atoms with Crippen molar-refractivity contribution in [2.45, 2.75) is 5.41 Å². The molecule has 2 aliphatic carbocycles. The van der Waals surface area contributed by atoms with Gasteiger partial charge in [0.25, 0.3) is 0 Å². The van der Waals surface area contributed by atoms with Crippen molar-refractivity contribution in [2.75, 3.05) is 9.80 Å². The van der Waals surface area contributed by atoms with E-state index in [1.807, 2.05) is 0 Å². The molecule has 0 bridgehead atoms. The Morgan fingerprint density at radius 3 is 1.24 bits per heavy atom. The lowest BCUT2D eigenvalue weighted by atomic mass is 9.70. The molecule has 1 spiro atoms. The number of aryl methyl sites for hydroxylation is 1. The molecule has 1 unspecified atom stereocenters. The Kier molecular flexibility index (Phi) is 7.36. The second-order valence-electron chi connectivity index (χ2n) is 15.8. The molecule has 0 aliphatic heterocycles. The van der Waals surface area contributed by atoms with Gasteiger partial charge in [-0.2, -0.15) is 0 Å². The summed E-state index contributed by atoms with van der Waals surface area (Å²) in [6.07, 6.45) is 0. The van der Waals surface area contributed by atoms with Crippen LogP contribution in [0, 0.1) is 0 Å². The van der Waals surface area contributed by atoms with Crippen LogP contribution in [0.25, 0.3) is 44.1 Å². The van der Waals surface area contributed by atoms with Gasteiger partial charge in [0.2, 0.25) is 0 Å². The van der Waals surface area contributed by atoms with Gasteiger partial charge in [-0.15, -0.1) is 0 Å². The van der Waals surface area contributed by atoms with Crippen LogP contribution in [0.5, 0.6) is 0 Å². The predicted molar refractivity (Wildman–Crippen MR) is 246 cm³/mol. The van der Waals surface area contributed by atoms with Crippen LogP contribution in [0.2, 0.25) is 0 Å². The highest BCUT2D eigenvalue weighted by atomic mass is 15.1. The van der Waals surface area contributed by atoms with Crippen molar-refractivity contribution in [1.29, 1.82) is 0 Å². The van der Waals surface area contributed by atoms with Gasteiger partial charge in [-0.05, 0) is 129 Å². The molecule has 1 atom stereocenters. The van der Waals surface area contributed by atoms with E-state index in [2.05, 4.69) is 240 Å². The van der Waals surface area contributed by atoms with Gasteiger partial charge in [0, 0.05) is 63.0 Å². The van der Waals surface area contributed by atoms with E-state index in [-0.39, 0.29) is 0 Å². The Hall–Kier alpha value is -7.62. The van der Waals surface area contributed by atoms with E-state index in [0.29, 0.717) is 0 Å². The Bertz CT molecular complexity index is 3200. The van der Waals surface area contributed by atoms with Gasteiger partial charge in [0.15, 0.2) is 0 Å². The van der Waals surface area contributed by atoms with Gasteiger partial charge >= 0.3 is 0 Å². The first kappa shape index (κ1) is 33.5. The first-order chi connectivity index (χ1) is 29.2. The Morgan fingerprint density at radius 1 is 0.305 bits per heavy atom. The molecule has 1 heterocycles. The number of aromatic nitrogens is 1. The number of nitrogens with zero attached hydrogens (tertiary/aromatic N) is 3. The second-order valence-corrected chi connectivity index (χ2v) is 15.8. The summed E-state index contributed by atoms with van der Waals surface area (Å²) >= 11 is 0. The average Bonchev–Trinajstić information content (AvgIpc) is 3.88. The smallest absolute Gasteiger partial charge is 0.0725 e. The number of rotatable bonds is 6. The maximum absolute atomic E-state index is 2.44. The number of benzene rings is 9. The maximum Gasteiger partial charge on any atom is 0.0725 e. The van der Waals surface area contributed by atoms with Crippen molar-refractivity contribution in [3.8, 4) is 22.3 Å². The van der Waals surface area contributed by atoms with Crippen molar-refractivity contribution in [3.63, 3.8) is 0 Å². The van der Waals surface area contributed by atoms with Crippen LogP contribution in [-0.2, 0) is 12.5 Å². The molecule has 10 aromatic rings. The van der Waals surface area contributed by atoms with Crippen molar-refractivity contribution in [1.82, 2.24) is 4.57 Å². The predicted octanol–water partition coefficient (Wildman–Crippen LogP) is 14.6. The number of hydrogen-bond acceptors (Lipinski definition) is 2. The van der Waals surface area contributed by atoms with Gasteiger partial charge in [-0.3, -0.25) is 0 Å². The van der Waals surface area contributed by atoms with Gasteiger partial charge in [0.05, 0.1) is 5.41 Å². The van der Waals surface area contributed by atoms with Crippen LogP contribution in [-0.4, -0.2) is 4.57 Å². The summed E-state index contributed by atoms with van der Waals surface area (Å²) in [5.74, 6) is 0. The van der Waals surface area contributed by atoms with Crippen LogP contribution in [0.15, 0.2) is 218 Å². The molecule has 278 valence electrons. The molecule has 1 aromatic heterocycles. The summed E-state index contributed by atoms with van der Waals surface area (Å²) in [6.45, 7) is 0. The zero-order valence-electron chi connectivity index (χ0n) is 32.6. The zero-order valence-corrected chi connectivity index (χ0v) is 32.6. The third-order valence-corrected chi connectivity index (χ3v) is 12.8. The maximum atomic E-state index is 2.44. The van der Waals surface area contributed by atoms with E-state index in [1.165, 1.54) is 66.3 Å². The fourth-order valence-electron chi connectivity index (χ4n) is 10.3. The van der Waals surface area contributed by atoms with Crippen LogP contribution >= 0.6 is 0 Å². The van der Waals surface area contributed by atoms with E-state index in [1.54, 1.807) is 0 Å². The summed E-state index contributed by atoms with van der Waals surface area (Å²) in [4.78, 5) is 4.78. The van der Waals surface area contributed by atoms with Crippen LogP contribution in [0.4, 0.5) is 34.1 Å². The van der Waals surface area contributed by atoms with E-state index in [0.717, 1.165) is 34.1 Å². The van der Waals surface area contributed by atoms with Gasteiger partial charge < -0.3 is 14.4 Å². The zero-order chi connectivity index (χ0) is 39.1. The summed E-state index contributed by atoms with van der Waals surface area (Å²) in [7, 11) is 2.16. The molecule has 0 saturated carbocycles. The van der Waals surface area contributed by atoms with Crippen molar-refractivity contribution in [3.05, 3.63) is 241 Å². The molecule has 9 aromatic carbocycles. The van der Waals surface area contributed by atoms with Crippen LogP contribution in [0.1, 0.15) is 22.3 Å².